The van der Waals surface area contributed by atoms with E-state index in [1.54, 1.807) is 17.8 Å². The molecule has 0 aliphatic rings. The van der Waals surface area contributed by atoms with Crippen LogP contribution in [0.3, 0.4) is 0 Å². The van der Waals surface area contributed by atoms with Crippen molar-refractivity contribution in [3.8, 4) is 0 Å². The second-order valence-corrected chi connectivity index (χ2v) is 2.51. The van der Waals surface area contributed by atoms with E-state index in [-0.39, 0.29) is 6.03 Å². The van der Waals surface area contributed by atoms with Gasteiger partial charge < -0.3 is 5.32 Å². The van der Waals surface area contributed by atoms with Crippen LogP contribution in [0.5, 0.6) is 0 Å². The molecule has 3 nitrogen and oxygen atoms in total. The van der Waals surface area contributed by atoms with Crippen LogP contribution in [0.2, 0.25) is 0 Å². The lowest BCUT2D eigenvalue weighted by Gasteiger charge is -2.02. The van der Waals surface area contributed by atoms with Gasteiger partial charge in [0.15, 0.2) is 0 Å². The van der Waals surface area contributed by atoms with Crippen LogP contribution in [-0.2, 0) is 0 Å². The van der Waals surface area contributed by atoms with E-state index in [4.69, 9.17) is 0 Å². The molecule has 0 atom stereocenters. The molecule has 60 valence electrons. The standard InChI is InChI=1S/C8H12N2O/c1-6-4-5-10(7(6)2)8(11)9-3/h4-5H,1-3H3,(H,9,11). The van der Waals surface area contributed by atoms with Crippen molar-refractivity contribution in [1.29, 1.82) is 0 Å². The van der Waals surface area contributed by atoms with Gasteiger partial charge in [0.1, 0.15) is 0 Å². The third-order valence-corrected chi connectivity index (χ3v) is 1.84. The summed E-state index contributed by atoms with van der Waals surface area (Å²) in [6.45, 7) is 3.90. The van der Waals surface area contributed by atoms with Gasteiger partial charge in [-0.15, -0.1) is 0 Å². The van der Waals surface area contributed by atoms with Crippen molar-refractivity contribution in [2.75, 3.05) is 7.05 Å². The van der Waals surface area contributed by atoms with Crippen LogP contribution in [0.15, 0.2) is 12.3 Å². The molecule has 11 heavy (non-hydrogen) atoms. The maximum absolute atomic E-state index is 11.1. The fourth-order valence-corrected chi connectivity index (χ4v) is 0.949. The lowest BCUT2D eigenvalue weighted by atomic mass is 10.3. The van der Waals surface area contributed by atoms with Gasteiger partial charge in [0.2, 0.25) is 0 Å². The summed E-state index contributed by atoms with van der Waals surface area (Å²) in [4.78, 5) is 11.1. The molecule has 1 amide bonds. The van der Waals surface area contributed by atoms with Gasteiger partial charge in [0.05, 0.1) is 0 Å². The Kier molecular flexibility index (Phi) is 1.98. The minimum Gasteiger partial charge on any atom is -0.340 e. The van der Waals surface area contributed by atoms with E-state index in [9.17, 15) is 4.79 Å². The summed E-state index contributed by atoms with van der Waals surface area (Å²) in [5.41, 5.74) is 2.12. The zero-order valence-corrected chi connectivity index (χ0v) is 7.01. The van der Waals surface area contributed by atoms with Gasteiger partial charge in [-0.3, -0.25) is 4.57 Å². The number of carbonyl (C=O) groups is 1. The molecule has 0 saturated carbocycles. The molecule has 0 unspecified atom stereocenters. The Morgan fingerprint density at radius 3 is 2.55 bits per heavy atom. The van der Waals surface area contributed by atoms with E-state index in [2.05, 4.69) is 5.32 Å². The molecule has 0 aliphatic heterocycles. The average molecular weight is 152 g/mol. The predicted octanol–water partition coefficient (Wildman–Crippen LogP) is 1.29. The summed E-state index contributed by atoms with van der Waals surface area (Å²) in [6, 6.07) is 1.83. The number of hydrogen-bond donors (Lipinski definition) is 1. The minimum atomic E-state index is -0.0874. The number of amides is 1. The maximum Gasteiger partial charge on any atom is 0.325 e. The van der Waals surface area contributed by atoms with E-state index in [0.717, 1.165) is 11.3 Å². The topological polar surface area (TPSA) is 34.0 Å². The Labute approximate surface area is 66.0 Å². The van der Waals surface area contributed by atoms with Crippen molar-refractivity contribution in [1.82, 2.24) is 9.88 Å². The van der Waals surface area contributed by atoms with Crippen molar-refractivity contribution in [2.24, 2.45) is 0 Å². The number of aryl methyl sites for hydroxylation is 1. The molecular weight excluding hydrogens is 140 g/mol. The zero-order valence-electron chi connectivity index (χ0n) is 7.01. The summed E-state index contributed by atoms with van der Waals surface area (Å²) in [7, 11) is 1.62. The van der Waals surface area contributed by atoms with Crippen LogP contribution in [0.1, 0.15) is 11.3 Å². The first-order chi connectivity index (χ1) is 5.16. The van der Waals surface area contributed by atoms with Gasteiger partial charge >= 0.3 is 6.03 Å². The molecule has 0 aromatic carbocycles. The van der Waals surface area contributed by atoms with Crippen LogP contribution >= 0.6 is 0 Å². The predicted molar refractivity (Wildman–Crippen MR) is 43.8 cm³/mol. The van der Waals surface area contributed by atoms with Gasteiger partial charge in [-0.1, -0.05) is 0 Å². The number of carbonyl (C=O) groups excluding carboxylic acids is 1. The summed E-state index contributed by atoms with van der Waals surface area (Å²) in [6.07, 6.45) is 1.77. The molecule has 0 fully saturated rings. The van der Waals surface area contributed by atoms with Crippen LogP contribution in [0, 0.1) is 13.8 Å². The zero-order chi connectivity index (χ0) is 8.43. The highest BCUT2D eigenvalue weighted by atomic mass is 16.2. The summed E-state index contributed by atoms with van der Waals surface area (Å²) < 4.78 is 1.59. The average Bonchev–Trinajstić information content (AvgIpc) is 2.32. The molecule has 0 saturated heterocycles. The van der Waals surface area contributed by atoms with Crippen molar-refractivity contribution < 1.29 is 4.79 Å². The van der Waals surface area contributed by atoms with Gasteiger partial charge in [0, 0.05) is 18.9 Å². The number of aromatic nitrogens is 1. The molecule has 1 aromatic heterocycles. The smallest absolute Gasteiger partial charge is 0.325 e. The second kappa shape index (κ2) is 2.78. The first-order valence-electron chi connectivity index (χ1n) is 3.53. The normalized spacial score (nSPS) is 9.73. The highest BCUT2D eigenvalue weighted by molar-refractivity contribution is 5.77. The molecule has 3 heteroatoms. The molecule has 1 N–H and O–H groups in total. The summed E-state index contributed by atoms with van der Waals surface area (Å²) in [5, 5.41) is 2.56. The number of hydrogen-bond acceptors (Lipinski definition) is 1. The van der Waals surface area contributed by atoms with E-state index in [0.29, 0.717) is 0 Å². The monoisotopic (exact) mass is 152 g/mol. The molecule has 0 spiro atoms. The van der Waals surface area contributed by atoms with Crippen LogP contribution in [0.4, 0.5) is 4.79 Å². The fraction of sp³-hybridized carbons (Fsp3) is 0.375. The number of nitrogens with one attached hydrogen (secondary N) is 1. The van der Waals surface area contributed by atoms with E-state index < -0.39 is 0 Å². The van der Waals surface area contributed by atoms with Crippen molar-refractivity contribution >= 4 is 6.03 Å². The fourth-order valence-electron chi connectivity index (χ4n) is 0.949. The van der Waals surface area contributed by atoms with E-state index in [1.807, 2.05) is 19.9 Å². The van der Waals surface area contributed by atoms with Crippen molar-refractivity contribution in [2.45, 2.75) is 13.8 Å². The largest absolute Gasteiger partial charge is 0.340 e. The van der Waals surface area contributed by atoms with Gasteiger partial charge in [-0.25, -0.2) is 4.79 Å². The Morgan fingerprint density at radius 1 is 1.55 bits per heavy atom. The molecule has 1 rings (SSSR count). The first-order valence-corrected chi connectivity index (χ1v) is 3.53. The van der Waals surface area contributed by atoms with Crippen molar-refractivity contribution in [3.05, 3.63) is 23.5 Å². The lowest BCUT2D eigenvalue weighted by molar-refractivity contribution is 0.244. The highest BCUT2D eigenvalue weighted by Crippen LogP contribution is 2.06. The molecule has 1 aromatic rings. The molecule has 1 heterocycles. The Bertz CT molecular complexity index is 276. The molecule has 0 bridgehead atoms. The van der Waals surface area contributed by atoms with E-state index in [1.165, 1.54) is 0 Å². The minimum absolute atomic E-state index is 0.0874. The molecule has 0 aliphatic carbocycles. The molecular formula is C8H12N2O. The number of rotatable bonds is 0. The summed E-state index contributed by atoms with van der Waals surface area (Å²) in [5.74, 6) is 0. The first kappa shape index (κ1) is 7.85. The lowest BCUT2D eigenvalue weighted by Crippen LogP contribution is -2.24. The third-order valence-electron chi connectivity index (χ3n) is 1.84. The number of nitrogens with zero attached hydrogens (tertiary/aromatic N) is 1. The highest BCUT2D eigenvalue weighted by Gasteiger charge is 2.05. The van der Waals surface area contributed by atoms with Crippen LogP contribution in [-0.4, -0.2) is 17.6 Å². The van der Waals surface area contributed by atoms with Gasteiger partial charge in [-0.05, 0) is 25.5 Å². The summed E-state index contributed by atoms with van der Waals surface area (Å²) >= 11 is 0. The van der Waals surface area contributed by atoms with Crippen molar-refractivity contribution in [3.63, 3.8) is 0 Å². The second-order valence-electron chi connectivity index (χ2n) is 2.51. The van der Waals surface area contributed by atoms with Crippen LogP contribution in [0.25, 0.3) is 0 Å². The quantitative estimate of drug-likeness (QED) is 0.597. The van der Waals surface area contributed by atoms with E-state index >= 15 is 0 Å². The Balaban J connectivity index is 3.04. The SMILES string of the molecule is CNC(=O)n1ccc(C)c1C. The van der Waals surface area contributed by atoms with Crippen LogP contribution < -0.4 is 5.32 Å². The van der Waals surface area contributed by atoms with Gasteiger partial charge in [-0.2, -0.15) is 0 Å². The Hall–Kier alpha value is -1.25. The third kappa shape index (κ3) is 1.27. The maximum atomic E-state index is 11.1. The van der Waals surface area contributed by atoms with Gasteiger partial charge in [0.25, 0.3) is 0 Å². The molecule has 0 radical (unpaired) electrons. The Morgan fingerprint density at radius 2 is 2.18 bits per heavy atom.